The normalized spacial score (nSPS) is 20.9. The molecule has 1 aliphatic heterocycles. The van der Waals surface area contributed by atoms with Crippen LogP contribution >= 0.6 is 0 Å². The van der Waals surface area contributed by atoms with Gasteiger partial charge in [0, 0.05) is 19.6 Å². The van der Waals surface area contributed by atoms with Crippen LogP contribution in [0, 0.1) is 5.92 Å². The van der Waals surface area contributed by atoms with E-state index in [1.165, 1.54) is 19.5 Å². The third kappa shape index (κ3) is 2.64. The van der Waals surface area contributed by atoms with Crippen LogP contribution in [0.25, 0.3) is 0 Å². The minimum absolute atomic E-state index is 0.302. The van der Waals surface area contributed by atoms with Crippen LogP contribution in [-0.4, -0.2) is 36.2 Å². The summed E-state index contributed by atoms with van der Waals surface area (Å²) < 4.78 is 0. The number of rotatable bonds is 4. The molecule has 0 unspecified atom stereocenters. The van der Waals surface area contributed by atoms with Crippen molar-refractivity contribution in [3.63, 3.8) is 0 Å². The quantitative estimate of drug-likeness (QED) is 0.609. The molecular weight excluding hydrogens is 138 g/mol. The average Bonchev–Trinajstić information content (AvgIpc) is 1.94. The van der Waals surface area contributed by atoms with E-state index in [0.29, 0.717) is 6.61 Å². The highest BCUT2D eigenvalue weighted by atomic mass is 16.3. The topological polar surface area (TPSA) is 23.5 Å². The summed E-state index contributed by atoms with van der Waals surface area (Å²) >= 11 is 0. The number of allylic oxidation sites excluding steroid dienone is 2. The number of nitrogens with zero attached hydrogens (tertiary/aromatic N) is 1. The van der Waals surface area contributed by atoms with Gasteiger partial charge in [0.15, 0.2) is 0 Å². The van der Waals surface area contributed by atoms with Gasteiger partial charge in [0.05, 0.1) is 6.61 Å². The number of hydrogen-bond donors (Lipinski definition) is 1. The van der Waals surface area contributed by atoms with Crippen LogP contribution in [-0.2, 0) is 0 Å². The molecule has 1 aliphatic rings. The Hall–Kier alpha value is -0.340. The summed E-state index contributed by atoms with van der Waals surface area (Å²) in [6.07, 6.45) is 5.54. The Labute approximate surface area is 68.5 Å². The molecule has 1 N–H and O–H groups in total. The smallest absolute Gasteiger partial charge is 0.0558 e. The van der Waals surface area contributed by atoms with E-state index in [1.54, 1.807) is 0 Å². The second-order valence-electron chi connectivity index (χ2n) is 3.15. The van der Waals surface area contributed by atoms with Crippen molar-refractivity contribution >= 4 is 0 Å². The summed E-state index contributed by atoms with van der Waals surface area (Å²) in [5.74, 6) is 0.845. The lowest BCUT2D eigenvalue weighted by atomic mass is 9.96. The molecule has 0 atom stereocenters. The molecule has 1 fully saturated rings. The zero-order valence-electron chi connectivity index (χ0n) is 7.16. The second-order valence-corrected chi connectivity index (χ2v) is 3.15. The first-order valence-corrected chi connectivity index (χ1v) is 4.31. The maximum Gasteiger partial charge on any atom is 0.0558 e. The standard InChI is InChI=1S/C9H17NO/c1-2-3-4-9-7-10(8-9)5-6-11/h2-3,9,11H,4-8H2,1H3/b3-2+. The van der Waals surface area contributed by atoms with Crippen LogP contribution in [0.3, 0.4) is 0 Å². The minimum atomic E-state index is 0.302. The third-order valence-electron chi connectivity index (χ3n) is 2.15. The van der Waals surface area contributed by atoms with E-state index >= 15 is 0 Å². The Morgan fingerprint density at radius 1 is 1.55 bits per heavy atom. The Kier molecular flexibility index (Phi) is 3.60. The Balaban J connectivity index is 2.00. The van der Waals surface area contributed by atoms with Crippen LogP contribution in [0.4, 0.5) is 0 Å². The molecule has 64 valence electrons. The molecule has 0 saturated carbocycles. The van der Waals surface area contributed by atoms with Crippen LogP contribution in [0.5, 0.6) is 0 Å². The van der Waals surface area contributed by atoms with Crippen molar-refractivity contribution in [1.29, 1.82) is 0 Å². The van der Waals surface area contributed by atoms with Crippen molar-refractivity contribution in [3.8, 4) is 0 Å². The second kappa shape index (κ2) is 4.52. The SMILES string of the molecule is C/C=C/CC1CN(CCO)C1. The van der Waals surface area contributed by atoms with E-state index in [0.717, 1.165) is 12.5 Å². The zero-order valence-corrected chi connectivity index (χ0v) is 7.16. The Bertz CT molecular complexity index is 128. The van der Waals surface area contributed by atoms with Gasteiger partial charge >= 0.3 is 0 Å². The summed E-state index contributed by atoms with van der Waals surface area (Å²) in [5, 5.41) is 8.61. The summed E-state index contributed by atoms with van der Waals surface area (Å²) in [5.41, 5.74) is 0. The van der Waals surface area contributed by atoms with Gasteiger partial charge in [-0.15, -0.1) is 0 Å². The molecule has 1 saturated heterocycles. The molecule has 0 amide bonds. The van der Waals surface area contributed by atoms with E-state index in [2.05, 4.69) is 24.0 Å². The molecule has 0 spiro atoms. The van der Waals surface area contributed by atoms with Gasteiger partial charge in [0.1, 0.15) is 0 Å². The highest BCUT2D eigenvalue weighted by Crippen LogP contribution is 2.18. The van der Waals surface area contributed by atoms with Gasteiger partial charge < -0.3 is 10.0 Å². The molecule has 2 heteroatoms. The molecule has 1 rings (SSSR count). The van der Waals surface area contributed by atoms with Crippen molar-refractivity contribution < 1.29 is 5.11 Å². The fourth-order valence-corrected chi connectivity index (χ4v) is 1.48. The summed E-state index contributed by atoms with van der Waals surface area (Å²) in [7, 11) is 0. The maximum absolute atomic E-state index is 8.61. The number of aliphatic hydroxyl groups is 1. The number of β-amino-alcohol motifs (C(OH)–C–C–N with tert-alkyl or cyclic N) is 1. The van der Waals surface area contributed by atoms with Crippen molar-refractivity contribution in [1.82, 2.24) is 4.90 Å². The molecule has 0 radical (unpaired) electrons. The summed E-state index contributed by atoms with van der Waals surface area (Å²) in [6, 6.07) is 0. The lowest BCUT2D eigenvalue weighted by Gasteiger charge is -2.38. The first-order chi connectivity index (χ1) is 5.36. The largest absolute Gasteiger partial charge is 0.395 e. The molecule has 11 heavy (non-hydrogen) atoms. The van der Waals surface area contributed by atoms with Crippen LogP contribution in [0.1, 0.15) is 13.3 Å². The highest BCUT2D eigenvalue weighted by Gasteiger charge is 2.24. The van der Waals surface area contributed by atoms with Crippen molar-refractivity contribution in [3.05, 3.63) is 12.2 Å². The monoisotopic (exact) mass is 155 g/mol. The van der Waals surface area contributed by atoms with Crippen LogP contribution in [0.2, 0.25) is 0 Å². The maximum atomic E-state index is 8.61. The Morgan fingerprint density at radius 3 is 2.82 bits per heavy atom. The molecule has 2 nitrogen and oxygen atoms in total. The number of aliphatic hydroxyl groups excluding tert-OH is 1. The van der Waals surface area contributed by atoms with Crippen LogP contribution < -0.4 is 0 Å². The number of hydrogen-bond acceptors (Lipinski definition) is 2. The van der Waals surface area contributed by atoms with Gasteiger partial charge in [-0.05, 0) is 19.3 Å². The summed E-state index contributed by atoms with van der Waals surface area (Å²) in [6.45, 7) is 5.56. The van der Waals surface area contributed by atoms with E-state index in [9.17, 15) is 0 Å². The third-order valence-corrected chi connectivity index (χ3v) is 2.15. The van der Waals surface area contributed by atoms with Gasteiger partial charge in [0.25, 0.3) is 0 Å². The zero-order chi connectivity index (χ0) is 8.10. The van der Waals surface area contributed by atoms with E-state index in [1.807, 2.05) is 0 Å². The molecule has 0 aromatic carbocycles. The first kappa shape index (κ1) is 8.75. The fraction of sp³-hybridized carbons (Fsp3) is 0.778. The predicted molar refractivity (Wildman–Crippen MR) is 46.4 cm³/mol. The van der Waals surface area contributed by atoms with Crippen molar-refractivity contribution in [2.45, 2.75) is 13.3 Å². The minimum Gasteiger partial charge on any atom is -0.395 e. The molecular formula is C9H17NO. The van der Waals surface area contributed by atoms with E-state index in [4.69, 9.17) is 5.11 Å². The summed E-state index contributed by atoms with van der Waals surface area (Å²) in [4.78, 5) is 2.29. The van der Waals surface area contributed by atoms with Crippen LogP contribution in [0.15, 0.2) is 12.2 Å². The predicted octanol–water partition coefficient (Wildman–Crippen LogP) is 0.877. The molecule has 1 heterocycles. The average molecular weight is 155 g/mol. The first-order valence-electron chi connectivity index (χ1n) is 4.31. The molecule has 0 bridgehead atoms. The van der Waals surface area contributed by atoms with Gasteiger partial charge in [-0.3, -0.25) is 0 Å². The van der Waals surface area contributed by atoms with E-state index in [-0.39, 0.29) is 0 Å². The highest BCUT2D eigenvalue weighted by molar-refractivity contribution is 4.87. The Morgan fingerprint density at radius 2 is 2.27 bits per heavy atom. The molecule has 0 aromatic heterocycles. The van der Waals surface area contributed by atoms with Gasteiger partial charge in [-0.2, -0.15) is 0 Å². The van der Waals surface area contributed by atoms with E-state index < -0.39 is 0 Å². The fourth-order valence-electron chi connectivity index (χ4n) is 1.48. The molecule has 0 aliphatic carbocycles. The van der Waals surface area contributed by atoms with Gasteiger partial charge in [-0.25, -0.2) is 0 Å². The van der Waals surface area contributed by atoms with Crippen molar-refractivity contribution in [2.75, 3.05) is 26.2 Å². The molecule has 0 aromatic rings. The van der Waals surface area contributed by atoms with Gasteiger partial charge in [-0.1, -0.05) is 12.2 Å². The lowest BCUT2D eigenvalue weighted by Crippen LogP contribution is -2.47. The lowest BCUT2D eigenvalue weighted by molar-refractivity contribution is 0.0798. The van der Waals surface area contributed by atoms with Gasteiger partial charge in [0.2, 0.25) is 0 Å². The number of likely N-dealkylation sites (tertiary alicyclic amines) is 1. The van der Waals surface area contributed by atoms with Crippen molar-refractivity contribution in [2.24, 2.45) is 5.92 Å².